The van der Waals surface area contributed by atoms with Gasteiger partial charge in [0.1, 0.15) is 5.75 Å². The van der Waals surface area contributed by atoms with Gasteiger partial charge in [0.15, 0.2) is 0 Å². The molecule has 0 aliphatic heterocycles. The Morgan fingerprint density at radius 2 is 1.27 bits per heavy atom. The normalized spacial score (nSPS) is 19.5. The van der Waals surface area contributed by atoms with Gasteiger partial charge in [0, 0.05) is 0 Å². The molecule has 0 radical (unpaired) electrons. The summed E-state index contributed by atoms with van der Waals surface area (Å²) in [5, 5.41) is 11.3. The lowest BCUT2D eigenvalue weighted by molar-refractivity contribution is -0.152. The van der Waals surface area contributed by atoms with E-state index < -0.39 is 5.60 Å². The summed E-state index contributed by atoms with van der Waals surface area (Å²) >= 11 is 0. The SMILES string of the molecule is CCCCCCCOC(=O)C1CCC(O)(c2ccc(-c3ccc(OCCCCCCC)cc3)cc2)CC1. The van der Waals surface area contributed by atoms with Crippen LogP contribution in [0.4, 0.5) is 0 Å². The molecule has 0 unspecified atom stereocenters. The van der Waals surface area contributed by atoms with Gasteiger partial charge in [-0.3, -0.25) is 4.79 Å². The third kappa shape index (κ3) is 9.48. The van der Waals surface area contributed by atoms with Gasteiger partial charge in [0.05, 0.1) is 24.7 Å². The highest BCUT2D eigenvalue weighted by Gasteiger charge is 2.37. The number of ether oxygens (including phenoxy) is 2. The molecule has 0 amide bonds. The summed E-state index contributed by atoms with van der Waals surface area (Å²) in [6.45, 7) is 5.73. The molecule has 0 heterocycles. The summed E-state index contributed by atoms with van der Waals surface area (Å²) in [5.74, 6) is 0.737. The van der Waals surface area contributed by atoms with Crippen molar-refractivity contribution < 1.29 is 19.4 Å². The Bertz CT molecular complexity index is 895. The molecule has 0 bridgehead atoms. The highest BCUT2D eigenvalue weighted by molar-refractivity contribution is 5.72. The first kappa shape index (κ1) is 29.2. The zero-order chi connectivity index (χ0) is 26.3. The minimum atomic E-state index is -0.871. The minimum Gasteiger partial charge on any atom is -0.494 e. The maximum Gasteiger partial charge on any atom is 0.308 e. The van der Waals surface area contributed by atoms with Crippen LogP contribution in [0.3, 0.4) is 0 Å². The van der Waals surface area contributed by atoms with E-state index in [4.69, 9.17) is 9.47 Å². The van der Waals surface area contributed by atoms with Crippen molar-refractivity contribution in [2.24, 2.45) is 5.92 Å². The Labute approximate surface area is 224 Å². The van der Waals surface area contributed by atoms with E-state index in [1.54, 1.807) is 0 Å². The van der Waals surface area contributed by atoms with E-state index >= 15 is 0 Å². The lowest BCUT2D eigenvalue weighted by atomic mass is 9.75. The van der Waals surface area contributed by atoms with E-state index in [2.05, 4.69) is 38.1 Å². The van der Waals surface area contributed by atoms with Crippen molar-refractivity contribution in [3.8, 4) is 16.9 Å². The Balaban J connectivity index is 1.43. The molecule has 1 aliphatic carbocycles. The minimum absolute atomic E-state index is 0.0863. The standard InChI is InChI=1S/C33H48O4/c1-3-5-7-9-11-25-36-31-19-15-28(16-20-31)27-13-17-30(18-14-27)33(35)23-21-29(22-24-33)32(34)37-26-12-10-8-6-4-2/h13-20,29,35H,3-12,21-26H2,1-2H3. The molecule has 1 fully saturated rings. The quantitative estimate of drug-likeness (QED) is 0.182. The molecule has 2 aromatic carbocycles. The number of carbonyl (C=O) groups is 1. The van der Waals surface area contributed by atoms with Crippen LogP contribution in [0.2, 0.25) is 0 Å². The molecule has 37 heavy (non-hydrogen) atoms. The van der Waals surface area contributed by atoms with Crippen molar-refractivity contribution in [2.75, 3.05) is 13.2 Å². The summed E-state index contributed by atoms with van der Waals surface area (Å²) in [4.78, 5) is 12.5. The van der Waals surface area contributed by atoms with Crippen LogP contribution in [0.15, 0.2) is 48.5 Å². The van der Waals surface area contributed by atoms with Crippen LogP contribution in [0, 0.1) is 5.92 Å². The molecule has 0 aromatic heterocycles. The lowest BCUT2D eigenvalue weighted by Gasteiger charge is -2.35. The molecule has 1 N–H and O–H groups in total. The Kier molecular flexibility index (Phi) is 12.5. The van der Waals surface area contributed by atoms with E-state index in [1.807, 2.05) is 24.3 Å². The number of esters is 1. The van der Waals surface area contributed by atoms with Gasteiger partial charge in [-0.1, -0.05) is 102 Å². The Morgan fingerprint density at radius 3 is 1.84 bits per heavy atom. The van der Waals surface area contributed by atoms with Crippen LogP contribution >= 0.6 is 0 Å². The molecule has 0 atom stereocenters. The van der Waals surface area contributed by atoms with Crippen LogP contribution in [-0.4, -0.2) is 24.3 Å². The van der Waals surface area contributed by atoms with Gasteiger partial charge >= 0.3 is 5.97 Å². The van der Waals surface area contributed by atoms with Gasteiger partial charge in [0.25, 0.3) is 0 Å². The fraction of sp³-hybridized carbons (Fsp3) is 0.606. The largest absolute Gasteiger partial charge is 0.494 e. The summed E-state index contributed by atoms with van der Waals surface area (Å²) < 4.78 is 11.4. The van der Waals surface area contributed by atoms with Crippen LogP contribution in [0.25, 0.3) is 11.1 Å². The Morgan fingerprint density at radius 1 is 0.757 bits per heavy atom. The topological polar surface area (TPSA) is 55.8 Å². The molecule has 4 nitrogen and oxygen atoms in total. The lowest BCUT2D eigenvalue weighted by Crippen LogP contribution is -2.34. The molecular formula is C33H48O4. The van der Waals surface area contributed by atoms with Crippen molar-refractivity contribution in [2.45, 2.75) is 109 Å². The van der Waals surface area contributed by atoms with Gasteiger partial charge in [-0.2, -0.15) is 0 Å². The molecule has 1 aliphatic rings. The van der Waals surface area contributed by atoms with Crippen molar-refractivity contribution in [3.63, 3.8) is 0 Å². The predicted octanol–water partition coefficient (Wildman–Crippen LogP) is 8.59. The second kappa shape index (κ2) is 15.8. The number of unbranched alkanes of at least 4 members (excludes halogenated alkanes) is 8. The van der Waals surface area contributed by atoms with Crippen molar-refractivity contribution in [1.82, 2.24) is 0 Å². The molecule has 2 aromatic rings. The highest BCUT2D eigenvalue weighted by Crippen LogP contribution is 2.40. The molecule has 4 heteroatoms. The maximum absolute atomic E-state index is 12.5. The average Bonchev–Trinajstić information content (AvgIpc) is 2.93. The molecular weight excluding hydrogens is 460 g/mol. The summed E-state index contributed by atoms with van der Waals surface area (Å²) in [6, 6.07) is 16.5. The number of aliphatic hydroxyl groups is 1. The van der Waals surface area contributed by atoms with Crippen molar-refractivity contribution >= 4 is 5.97 Å². The summed E-state index contributed by atoms with van der Waals surface area (Å²) in [7, 11) is 0. The molecule has 0 spiro atoms. The number of benzene rings is 2. The molecule has 3 rings (SSSR count). The van der Waals surface area contributed by atoms with E-state index in [0.717, 1.165) is 48.3 Å². The molecule has 204 valence electrons. The van der Waals surface area contributed by atoms with Crippen LogP contribution in [0.5, 0.6) is 5.75 Å². The first-order valence-corrected chi connectivity index (χ1v) is 14.8. The predicted molar refractivity (Wildman–Crippen MR) is 152 cm³/mol. The van der Waals surface area contributed by atoms with Crippen LogP contribution in [-0.2, 0) is 15.1 Å². The second-order valence-electron chi connectivity index (χ2n) is 10.8. The molecule has 1 saturated carbocycles. The first-order chi connectivity index (χ1) is 18.1. The smallest absolute Gasteiger partial charge is 0.308 e. The van der Waals surface area contributed by atoms with Gasteiger partial charge in [0.2, 0.25) is 0 Å². The van der Waals surface area contributed by atoms with E-state index in [9.17, 15) is 9.90 Å². The van der Waals surface area contributed by atoms with Gasteiger partial charge in [-0.15, -0.1) is 0 Å². The van der Waals surface area contributed by atoms with Crippen LogP contribution < -0.4 is 4.74 Å². The van der Waals surface area contributed by atoms with E-state index in [0.29, 0.717) is 32.3 Å². The van der Waals surface area contributed by atoms with Gasteiger partial charge < -0.3 is 14.6 Å². The Hall–Kier alpha value is -2.33. The highest BCUT2D eigenvalue weighted by atomic mass is 16.5. The fourth-order valence-electron chi connectivity index (χ4n) is 5.23. The zero-order valence-corrected chi connectivity index (χ0v) is 23.2. The first-order valence-electron chi connectivity index (χ1n) is 14.8. The number of carbonyl (C=O) groups excluding carboxylic acids is 1. The molecule has 0 saturated heterocycles. The fourth-order valence-corrected chi connectivity index (χ4v) is 5.23. The van der Waals surface area contributed by atoms with Crippen LogP contribution in [0.1, 0.15) is 109 Å². The second-order valence-corrected chi connectivity index (χ2v) is 10.8. The number of hydrogen-bond donors (Lipinski definition) is 1. The van der Waals surface area contributed by atoms with E-state index in [-0.39, 0.29) is 11.9 Å². The summed E-state index contributed by atoms with van der Waals surface area (Å²) in [6.07, 6.45) is 14.5. The average molecular weight is 509 g/mol. The van der Waals surface area contributed by atoms with Crippen molar-refractivity contribution in [1.29, 1.82) is 0 Å². The zero-order valence-electron chi connectivity index (χ0n) is 23.2. The third-order valence-electron chi connectivity index (χ3n) is 7.76. The maximum atomic E-state index is 12.5. The summed E-state index contributed by atoms with van der Waals surface area (Å²) in [5.41, 5.74) is 2.32. The number of rotatable bonds is 16. The third-order valence-corrected chi connectivity index (χ3v) is 7.76. The van der Waals surface area contributed by atoms with E-state index in [1.165, 1.54) is 44.9 Å². The monoisotopic (exact) mass is 508 g/mol. The van der Waals surface area contributed by atoms with Crippen molar-refractivity contribution in [3.05, 3.63) is 54.1 Å². The van der Waals surface area contributed by atoms with Gasteiger partial charge in [-0.05, 0) is 67.3 Å². The van der Waals surface area contributed by atoms with Gasteiger partial charge in [-0.25, -0.2) is 0 Å². The number of hydrogen-bond acceptors (Lipinski definition) is 4.